The van der Waals surface area contributed by atoms with Crippen LogP contribution in [-0.4, -0.2) is 34.8 Å². The van der Waals surface area contributed by atoms with Crippen LogP contribution in [0.1, 0.15) is 12.1 Å². The number of thioether (sulfide) groups is 1. The number of H-pyrrole nitrogens is 1. The minimum atomic E-state index is -0.144. The zero-order valence-corrected chi connectivity index (χ0v) is 10.8. The first-order valence-corrected chi connectivity index (χ1v) is 7.13. The van der Waals surface area contributed by atoms with Crippen molar-refractivity contribution in [2.75, 3.05) is 18.6 Å². The molecule has 1 rings (SSSR count). The third-order valence-electron chi connectivity index (χ3n) is 1.74. The number of carbonyl (C=O) groups is 1. The van der Waals surface area contributed by atoms with E-state index in [4.69, 9.17) is 0 Å². The molecule has 0 unspecified atom stereocenters. The highest BCUT2D eigenvalue weighted by molar-refractivity contribution is 7.99. The number of carbonyl (C=O) groups excluding carboxylic acids is 1. The summed E-state index contributed by atoms with van der Waals surface area (Å²) in [6.45, 7) is 0. The van der Waals surface area contributed by atoms with E-state index in [1.165, 1.54) is 11.9 Å². The summed E-state index contributed by atoms with van der Waals surface area (Å²) in [5.41, 5.74) is 1.08. The van der Waals surface area contributed by atoms with Crippen molar-refractivity contribution in [2.45, 2.75) is 12.2 Å². The van der Waals surface area contributed by atoms with Gasteiger partial charge in [0.1, 0.15) is 0 Å². The molecule has 0 spiro atoms. The van der Waals surface area contributed by atoms with E-state index in [1.54, 1.807) is 7.05 Å². The van der Waals surface area contributed by atoms with Gasteiger partial charge in [0.25, 0.3) is 0 Å². The molecule has 0 aliphatic rings. The summed E-state index contributed by atoms with van der Waals surface area (Å²) < 4.78 is 2.68. The lowest BCUT2D eigenvalue weighted by molar-refractivity contribution is 0.248. The molecular weight excluding hydrogens is 244 g/mol. The summed E-state index contributed by atoms with van der Waals surface area (Å²) in [6, 6.07) is 1.84. The first-order chi connectivity index (χ1) is 7.83. The normalized spacial score (nSPS) is 10.1. The van der Waals surface area contributed by atoms with Gasteiger partial charge in [0.05, 0.1) is 5.69 Å². The van der Waals surface area contributed by atoms with Gasteiger partial charge < -0.3 is 5.32 Å². The van der Waals surface area contributed by atoms with E-state index in [2.05, 4.69) is 20.2 Å². The van der Waals surface area contributed by atoms with Crippen molar-refractivity contribution in [3.8, 4) is 0 Å². The molecule has 3 N–H and O–H groups in total. The molecule has 0 saturated carbocycles. The van der Waals surface area contributed by atoms with Crippen LogP contribution in [0.5, 0.6) is 0 Å². The Morgan fingerprint density at radius 3 is 3.12 bits per heavy atom. The lowest BCUT2D eigenvalue weighted by atomic mass is 10.5. The third kappa shape index (κ3) is 5.92. The van der Waals surface area contributed by atoms with Crippen LogP contribution in [0, 0.1) is 0 Å². The molecule has 16 heavy (non-hydrogen) atoms. The second-order valence-electron chi connectivity index (χ2n) is 3.00. The minimum absolute atomic E-state index is 0.144. The Balaban J connectivity index is 1.87. The number of urea groups is 1. The molecule has 7 heteroatoms. The number of hydrogen-bond donors (Lipinski definition) is 3. The Morgan fingerprint density at radius 1 is 1.56 bits per heavy atom. The molecule has 0 aliphatic carbocycles. The van der Waals surface area contributed by atoms with Crippen LogP contribution < -0.4 is 10.0 Å². The van der Waals surface area contributed by atoms with Gasteiger partial charge in [-0.05, 0) is 30.2 Å². The molecule has 0 bridgehead atoms. The van der Waals surface area contributed by atoms with Crippen LogP contribution in [0.3, 0.4) is 0 Å². The molecule has 1 aromatic heterocycles. The summed E-state index contributed by atoms with van der Waals surface area (Å²) in [6.07, 6.45) is 2.91. The molecule has 1 aromatic rings. The fourth-order valence-electron chi connectivity index (χ4n) is 0.949. The van der Waals surface area contributed by atoms with E-state index in [0.717, 1.165) is 29.4 Å². The topological polar surface area (TPSA) is 69.8 Å². The van der Waals surface area contributed by atoms with Gasteiger partial charge in [-0.15, -0.1) is 0 Å². The van der Waals surface area contributed by atoms with Gasteiger partial charge in [0.2, 0.25) is 0 Å². The van der Waals surface area contributed by atoms with Crippen LogP contribution in [-0.2, 0) is 5.75 Å². The van der Waals surface area contributed by atoms with E-state index in [0.29, 0.717) is 0 Å². The highest BCUT2D eigenvalue weighted by Gasteiger charge is 1.97. The molecule has 0 atom stereocenters. The molecular formula is C9H16N4OS2. The van der Waals surface area contributed by atoms with E-state index >= 15 is 0 Å². The molecule has 0 aromatic carbocycles. The number of rotatable bonds is 7. The predicted molar refractivity (Wildman–Crippen MR) is 69.4 cm³/mol. The minimum Gasteiger partial charge on any atom is -0.341 e. The zero-order chi connectivity index (χ0) is 11.6. The molecule has 2 amide bonds. The smallest absolute Gasteiger partial charge is 0.324 e. The van der Waals surface area contributed by atoms with Gasteiger partial charge in [0.15, 0.2) is 0 Å². The lowest BCUT2D eigenvalue weighted by Gasteiger charge is -2.02. The standard InChI is InChI=1S/C9H16N4OS2/c1-10-9(14)13-16-6-2-5-15-7-8-3-4-11-12-8/h3-4H,2,5-7H2,1H3,(H,11,12)(H2,10,13,14). The summed E-state index contributed by atoms with van der Waals surface area (Å²) in [7, 11) is 1.61. The monoisotopic (exact) mass is 260 g/mol. The summed E-state index contributed by atoms with van der Waals surface area (Å²) in [5.74, 6) is 2.95. The summed E-state index contributed by atoms with van der Waals surface area (Å²) in [5, 5.41) is 9.35. The van der Waals surface area contributed by atoms with Crippen LogP contribution in [0.4, 0.5) is 4.79 Å². The first-order valence-electron chi connectivity index (χ1n) is 4.99. The Bertz CT molecular complexity index is 292. The summed E-state index contributed by atoms with van der Waals surface area (Å²) >= 11 is 3.29. The van der Waals surface area contributed by atoms with Crippen molar-refractivity contribution in [2.24, 2.45) is 0 Å². The van der Waals surface area contributed by atoms with Crippen molar-refractivity contribution >= 4 is 29.7 Å². The van der Waals surface area contributed by atoms with Gasteiger partial charge in [-0.2, -0.15) is 16.9 Å². The number of aromatic nitrogens is 2. The average molecular weight is 260 g/mol. The number of amides is 2. The Morgan fingerprint density at radius 2 is 2.44 bits per heavy atom. The maximum absolute atomic E-state index is 10.8. The second-order valence-corrected chi connectivity index (χ2v) is 5.01. The maximum atomic E-state index is 10.8. The Kier molecular flexibility index (Phi) is 6.91. The third-order valence-corrected chi connectivity index (χ3v) is 3.64. The van der Waals surface area contributed by atoms with Crippen molar-refractivity contribution in [3.05, 3.63) is 18.0 Å². The molecule has 90 valence electrons. The van der Waals surface area contributed by atoms with Gasteiger partial charge >= 0.3 is 6.03 Å². The zero-order valence-electron chi connectivity index (χ0n) is 9.16. The van der Waals surface area contributed by atoms with Crippen LogP contribution in [0.25, 0.3) is 0 Å². The van der Waals surface area contributed by atoms with Crippen LogP contribution >= 0.6 is 23.7 Å². The number of aromatic amines is 1. The molecule has 1 heterocycles. The van der Waals surface area contributed by atoms with E-state index in [1.807, 2.05) is 24.0 Å². The molecule has 0 saturated heterocycles. The van der Waals surface area contributed by atoms with E-state index in [9.17, 15) is 4.79 Å². The van der Waals surface area contributed by atoms with Crippen LogP contribution in [0.2, 0.25) is 0 Å². The number of hydrogen-bond acceptors (Lipinski definition) is 4. The van der Waals surface area contributed by atoms with Crippen molar-refractivity contribution in [3.63, 3.8) is 0 Å². The predicted octanol–water partition coefficient (Wildman–Crippen LogP) is 1.61. The molecule has 0 aliphatic heterocycles. The van der Waals surface area contributed by atoms with Crippen molar-refractivity contribution in [1.29, 1.82) is 0 Å². The highest BCUT2D eigenvalue weighted by atomic mass is 32.2. The highest BCUT2D eigenvalue weighted by Crippen LogP contribution is 2.11. The van der Waals surface area contributed by atoms with E-state index in [-0.39, 0.29) is 6.03 Å². The summed E-state index contributed by atoms with van der Waals surface area (Å²) in [4.78, 5) is 10.8. The number of nitrogens with one attached hydrogen (secondary N) is 3. The molecule has 5 nitrogen and oxygen atoms in total. The average Bonchev–Trinajstić information content (AvgIpc) is 2.80. The van der Waals surface area contributed by atoms with Crippen LogP contribution in [0.15, 0.2) is 12.3 Å². The van der Waals surface area contributed by atoms with Gasteiger partial charge in [-0.1, -0.05) is 0 Å². The Labute approximate surface area is 104 Å². The SMILES string of the molecule is CNC(=O)NSCCCSCc1cc[nH]n1. The van der Waals surface area contributed by atoms with Gasteiger partial charge in [-0.3, -0.25) is 9.82 Å². The largest absolute Gasteiger partial charge is 0.341 e. The van der Waals surface area contributed by atoms with Gasteiger partial charge in [-0.25, -0.2) is 4.79 Å². The lowest BCUT2D eigenvalue weighted by Crippen LogP contribution is -2.27. The fourth-order valence-corrected chi connectivity index (χ4v) is 2.62. The first kappa shape index (κ1) is 13.2. The number of nitrogens with zero attached hydrogens (tertiary/aromatic N) is 1. The fraction of sp³-hybridized carbons (Fsp3) is 0.556. The Hall–Kier alpha value is -0.820. The van der Waals surface area contributed by atoms with Gasteiger partial charge in [0, 0.05) is 24.8 Å². The quantitative estimate of drug-likeness (QED) is 0.514. The van der Waals surface area contributed by atoms with E-state index < -0.39 is 0 Å². The maximum Gasteiger partial charge on any atom is 0.324 e. The van der Waals surface area contributed by atoms with Crippen molar-refractivity contribution < 1.29 is 4.79 Å². The molecule has 0 radical (unpaired) electrons. The molecule has 0 fully saturated rings. The second kappa shape index (κ2) is 8.35. The van der Waals surface area contributed by atoms with Crippen molar-refractivity contribution in [1.82, 2.24) is 20.2 Å².